The lowest BCUT2D eigenvalue weighted by atomic mass is 10.0. The topological polar surface area (TPSA) is 53.5 Å². The number of nitrogens with zero attached hydrogens (tertiary/aromatic N) is 1. The summed E-state index contributed by atoms with van der Waals surface area (Å²) in [5.41, 5.74) is 6.20. The number of benzene rings is 1. The van der Waals surface area contributed by atoms with E-state index in [0.29, 0.717) is 5.92 Å². The highest BCUT2D eigenvalue weighted by Gasteiger charge is 2.43. The molecular weight excluding hydrogens is 270 g/mol. The van der Waals surface area contributed by atoms with Crippen LogP contribution >= 0.6 is 12.6 Å². The SMILES string of the molecule is CCC(S)C(=O)Nc1ccc(C2=NNCC3CC23)cc1. The van der Waals surface area contributed by atoms with E-state index in [4.69, 9.17) is 0 Å². The van der Waals surface area contributed by atoms with Gasteiger partial charge in [0.25, 0.3) is 0 Å². The summed E-state index contributed by atoms with van der Waals surface area (Å²) in [6.45, 7) is 2.95. The molecule has 2 aliphatic rings. The van der Waals surface area contributed by atoms with E-state index in [2.05, 4.69) is 28.5 Å². The van der Waals surface area contributed by atoms with Crippen LogP contribution in [0.3, 0.4) is 0 Å². The summed E-state index contributed by atoms with van der Waals surface area (Å²) in [4.78, 5) is 11.8. The lowest BCUT2D eigenvalue weighted by molar-refractivity contribution is -0.115. The van der Waals surface area contributed by atoms with Crippen molar-refractivity contribution in [2.75, 3.05) is 11.9 Å². The third-order valence-corrected chi connectivity index (χ3v) is 4.56. The molecule has 1 amide bonds. The van der Waals surface area contributed by atoms with Gasteiger partial charge in [-0.1, -0.05) is 19.1 Å². The minimum atomic E-state index is -0.256. The van der Waals surface area contributed by atoms with Gasteiger partial charge in [0, 0.05) is 18.2 Å². The molecule has 20 heavy (non-hydrogen) atoms. The molecule has 1 heterocycles. The smallest absolute Gasteiger partial charge is 0.237 e. The van der Waals surface area contributed by atoms with Crippen LogP contribution in [0.2, 0.25) is 0 Å². The Balaban J connectivity index is 1.69. The van der Waals surface area contributed by atoms with E-state index in [1.54, 1.807) is 0 Å². The fraction of sp³-hybridized carbons (Fsp3) is 0.467. The first-order valence-electron chi connectivity index (χ1n) is 7.09. The van der Waals surface area contributed by atoms with Gasteiger partial charge in [0.1, 0.15) is 0 Å². The molecule has 0 radical (unpaired) electrons. The first-order chi connectivity index (χ1) is 9.69. The van der Waals surface area contributed by atoms with E-state index in [0.717, 1.165) is 35.8 Å². The minimum Gasteiger partial charge on any atom is -0.325 e. The zero-order valence-electron chi connectivity index (χ0n) is 11.5. The second-order valence-corrected chi connectivity index (χ2v) is 6.08. The van der Waals surface area contributed by atoms with Gasteiger partial charge in [0.2, 0.25) is 5.91 Å². The van der Waals surface area contributed by atoms with Gasteiger partial charge in [0.05, 0.1) is 11.0 Å². The maximum Gasteiger partial charge on any atom is 0.237 e. The van der Waals surface area contributed by atoms with Crippen LogP contribution in [0.5, 0.6) is 0 Å². The minimum absolute atomic E-state index is 0.0532. The van der Waals surface area contributed by atoms with Crippen molar-refractivity contribution in [1.82, 2.24) is 5.43 Å². The highest BCUT2D eigenvalue weighted by atomic mass is 32.1. The largest absolute Gasteiger partial charge is 0.325 e. The molecule has 0 spiro atoms. The monoisotopic (exact) mass is 289 g/mol. The number of nitrogens with one attached hydrogen (secondary N) is 2. The van der Waals surface area contributed by atoms with Crippen LogP contribution in [-0.4, -0.2) is 23.4 Å². The molecule has 1 saturated carbocycles. The number of hydrogen-bond acceptors (Lipinski definition) is 4. The summed E-state index contributed by atoms with van der Waals surface area (Å²) in [7, 11) is 0. The number of carbonyl (C=O) groups is 1. The molecule has 3 unspecified atom stereocenters. The summed E-state index contributed by atoms with van der Waals surface area (Å²) in [6.07, 6.45) is 1.96. The molecule has 3 rings (SSSR count). The Morgan fingerprint density at radius 3 is 2.95 bits per heavy atom. The van der Waals surface area contributed by atoms with Gasteiger partial charge in [-0.05, 0) is 36.5 Å². The predicted molar refractivity (Wildman–Crippen MR) is 84.3 cm³/mol. The molecule has 5 heteroatoms. The van der Waals surface area contributed by atoms with Crippen LogP contribution in [0.15, 0.2) is 29.4 Å². The number of hydrazone groups is 1. The van der Waals surface area contributed by atoms with E-state index >= 15 is 0 Å². The van der Waals surface area contributed by atoms with Crippen LogP contribution in [-0.2, 0) is 4.79 Å². The van der Waals surface area contributed by atoms with Crippen LogP contribution in [0.25, 0.3) is 0 Å². The van der Waals surface area contributed by atoms with Crippen molar-refractivity contribution in [1.29, 1.82) is 0 Å². The van der Waals surface area contributed by atoms with Crippen molar-refractivity contribution in [2.45, 2.75) is 25.0 Å². The highest BCUT2D eigenvalue weighted by molar-refractivity contribution is 7.81. The molecule has 1 fully saturated rings. The molecule has 1 aliphatic heterocycles. The summed E-state index contributed by atoms with van der Waals surface area (Å²) in [6, 6.07) is 7.91. The van der Waals surface area contributed by atoms with Crippen molar-refractivity contribution in [3.8, 4) is 0 Å². The van der Waals surface area contributed by atoms with Crippen molar-refractivity contribution >= 4 is 29.9 Å². The Morgan fingerprint density at radius 1 is 1.50 bits per heavy atom. The zero-order chi connectivity index (χ0) is 14.1. The fourth-order valence-corrected chi connectivity index (χ4v) is 2.62. The number of amides is 1. The quantitative estimate of drug-likeness (QED) is 0.745. The van der Waals surface area contributed by atoms with Crippen LogP contribution in [0.1, 0.15) is 25.3 Å². The molecule has 0 saturated heterocycles. The number of rotatable bonds is 4. The van der Waals surface area contributed by atoms with Crippen LogP contribution in [0.4, 0.5) is 5.69 Å². The second kappa shape index (κ2) is 5.48. The lowest BCUT2D eigenvalue weighted by Crippen LogP contribution is -2.23. The van der Waals surface area contributed by atoms with Crippen molar-refractivity contribution in [2.24, 2.45) is 16.9 Å². The Bertz CT molecular complexity index is 541. The number of carbonyl (C=O) groups excluding carboxylic acids is 1. The third kappa shape index (κ3) is 2.68. The Hall–Kier alpha value is -1.49. The summed E-state index contributed by atoms with van der Waals surface area (Å²) in [5, 5.41) is 7.04. The van der Waals surface area contributed by atoms with Crippen LogP contribution in [0, 0.1) is 11.8 Å². The Labute approximate surface area is 124 Å². The second-order valence-electron chi connectivity index (χ2n) is 5.45. The van der Waals surface area contributed by atoms with Gasteiger partial charge in [-0.25, -0.2) is 0 Å². The number of anilines is 1. The van der Waals surface area contributed by atoms with Gasteiger partial charge in [-0.2, -0.15) is 17.7 Å². The highest BCUT2D eigenvalue weighted by Crippen LogP contribution is 2.42. The standard InChI is InChI=1S/C15H19N3OS/c1-2-13(20)15(19)17-11-5-3-9(4-6-11)14-12-7-10(12)8-16-18-14/h3-6,10,12-13,16,20H,2,7-8H2,1H3,(H,17,19). The van der Waals surface area contributed by atoms with E-state index in [-0.39, 0.29) is 11.2 Å². The van der Waals surface area contributed by atoms with E-state index in [1.807, 2.05) is 31.2 Å². The summed E-state index contributed by atoms with van der Waals surface area (Å²) < 4.78 is 0. The van der Waals surface area contributed by atoms with Gasteiger partial charge < -0.3 is 10.7 Å². The maximum absolute atomic E-state index is 11.8. The average Bonchev–Trinajstić information content (AvgIpc) is 3.26. The van der Waals surface area contributed by atoms with Gasteiger partial charge in [-0.15, -0.1) is 0 Å². The Morgan fingerprint density at radius 2 is 2.25 bits per heavy atom. The molecule has 0 bridgehead atoms. The van der Waals surface area contributed by atoms with Crippen molar-refractivity contribution in [3.05, 3.63) is 29.8 Å². The molecule has 4 nitrogen and oxygen atoms in total. The summed E-state index contributed by atoms with van der Waals surface area (Å²) >= 11 is 4.24. The van der Waals surface area contributed by atoms with Crippen molar-refractivity contribution in [3.63, 3.8) is 0 Å². The molecule has 1 aliphatic carbocycles. The average molecular weight is 289 g/mol. The number of thiol groups is 1. The fourth-order valence-electron chi connectivity index (χ4n) is 2.55. The zero-order valence-corrected chi connectivity index (χ0v) is 12.4. The third-order valence-electron chi connectivity index (χ3n) is 3.96. The van der Waals surface area contributed by atoms with Gasteiger partial charge >= 0.3 is 0 Å². The molecule has 2 N–H and O–H groups in total. The van der Waals surface area contributed by atoms with Gasteiger partial charge in [-0.3, -0.25) is 4.79 Å². The molecule has 106 valence electrons. The first kappa shape index (κ1) is 13.5. The van der Waals surface area contributed by atoms with E-state index < -0.39 is 0 Å². The molecule has 1 aromatic carbocycles. The lowest BCUT2D eigenvalue weighted by Gasteiger charge is -2.13. The maximum atomic E-state index is 11.8. The predicted octanol–water partition coefficient (Wildman–Crippen LogP) is 2.28. The summed E-state index contributed by atoms with van der Waals surface area (Å²) in [5.74, 6) is 1.33. The first-order valence-corrected chi connectivity index (χ1v) is 7.60. The van der Waals surface area contributed by atoms with E-state index in [9.17, 15) is 4.79 Å². The van der Waals surface area contributed by atoms with Crippen LogP contribution < -0.4 is 10.7 Å². The van der Waals surface area contributed by atoms with E-state index in [1.165, 1.54) is 6.42 Å². The molecule has 0 aromatic heterocycles. The molecule has 3 atom stereocenters. The normalized spacial score (nSPS) is 25.0. The number of fused-ring (bicyclic) bond motifs is 1. The molecule has 1 aromatic rings. The number of hydrogen-bond donors (Lipinski definition) is 3. The van der Waals surface area contributed by atoms with Gasteiger partial charge in [0.15, 0.2) is 0 Å². The molecular formula is C15H19N3OS. The van der Waals surface area contributed by atoms with Crippen molar-refractivity contribution < 1.29 is 4.79 Å². The Kier molecular flexibility index (Phi) is 3.70.